The topological polar surface area (TPSA) is 54.5 Å². The van der Waals surface area contributed by atoms with Gasteiger partial charge in [-0.05, 0) is 12.8 Å². The molecule has 1 rings (SSSR count). The molecule has 1 heterocycles. The Balaban J connectivity index is 2.55. The number of carbonyl (C=O) groups excluding carboxylic acids is 3. The zero-order valence-electron chi connectivity index (χ0n) is 11.4. The van der Waals surface area contributed by atoms with Crippen molar-refractivity contribution in [3.8, 4) is 0 Å². The van der Waals surface area contributed by atoms with E-state index in [0.29, 0.717) is 0 Å². The number of ketones is 1. The second-order valence-electron chi connectivity index (χ2n) is 5.00. The number of carbonyl (C=O) groups is 3. The average molecular weight is 251 g/mol. The van der Waals surface area contributed by atoms with Gasteiger partial charge in [0.2, 0.25) is 0 Å². The van der Waals surface area contributed by atoms with Crippen LogP contribution in [0.25, 0.3) is 0 Å². The van der Waals surface area contributed by atoms with Crippen molar-refractivity contribution in [1.29, 1.82) is 0 Å². The molecular formula is C14H21NO3. The Hall–Kier alpha value is -1.45. The van der Waals surface area contributed by atoms with Crippen LogP contribution >= 0.6 is 0 Å². The fourth-order valence-corrected chi connectivity index (χ4v) is 2.23. The molecule has 0 aromatic heterocycles. The molecule has 100 valence electrons. The Bertz CT molecular complexity index is 369. The van der Waals surface area contributed by atoms with Gasteiger partial charge in [-0.15, -0.1) is 0 Å². The van der Waals surface area contributed by atoms with E-state index in [1.165, 1.54) is 12.2 Å². The zero-order valence-corrected chi connectivity index (χ0v) is 11.4. The molecule has 0 aromatic carbocycles. The summed E-state index contributed by atoms with van der Waals surface area (Å²) < 4.78 is 0. The van der Waals surface area contributed by atoms with Gasteiger partial charge >= 0.3 is 0 Å². The van der Waals surface area contributed by atoms with Crippen LogP contribution in [0.4, 0.5) is 0 Å². The summed E-state index contributed by atoms with van der Waals surface area (Å²) in [7, 11) is 0. The van der Waals surface area contributed by atoms with E-state index in [-0.39, 0.29) is 36.0 Å². The molecule has 0 saturated heterocycles. The monoisotopic (exact) mass is 251 g/mol. The van der Waals surface area contributed by atoms with Crippen molar-refractivity contribution in [2.45, 2.75) is 46.5 Å². The van der Waals surface area contributed by atoms with E-state index in [2.05, 4.69) is 6.92 Å². The van der Waals surface area contributed by atoms with Gasteiger partial charge < -0.3 is 0 Å². The van der Waals surface area contributed by atoms with Crippen LogP contribution in [0.1, 0.15) is 46.5 Å². The summed E-state index contributed by atoms with van der Waals surface area (Å²) in [6.45, 7) is 6.22. The van der Waals surface area contributed by atoms with E-state index in [4.69, 9.17) is 0 Å². The summed E-state index contributed by atoms with van der Waals surface area (Å²) in [6.07, 6.45) is 5.35. The molecule has 4 nitrogen and oxygen atoms in total. The highest BCUT2D eigenvalue weighted by Crippen LogP contribution is 2.29. The van der Waals surface area contributed by atoms with Gasteiger partial charge in [0.1, 0.15) is 5.78 Å². The number of hydrogen-bond donors (Lipinski definition) is 0. The third-order valence-corrected chi connectivity index (χ3v) is 3.72. The van der Waals surface area contributed by atoms with Gasteiger partial charge in [0.05, 0.1) is 0 Å². The average Bonchev–Trinajstić information content (AvgIpc) is 2.66. The fourth-order valence-electron chi connectivity index (χ4n) is 2.23. The molecule has 0 fully saturated rings. The van der Waals surface area contributed by atoms with Gasteiger partial charge in [-0.25, -0.2) is 0 Å². The minimum Gasteiger partial charge on any atom is -0.299 e. The summed E-state index contributed by atoms with van der Waals surface area (Å²) in [5, 5.41) is 0. The first-order valence-electron chi connectivity index (χ1n) is 6.51. The van der Waals surface area contributed by atoms with Gasteiger partial charge in [-0.1, -0.05) is 27.2 Å². The van der Waals surface area contributed by atoms with Gasteiger partial charge in [-0.3, -0.25) is 19.3 Å². The van der Waals surface area contributed by atoms with Crippen molar-refractivity contribution < 1.29 is 14.4 Å². The van der Waals surface area contributed by atoms with Crippen molar-refractivity contribution in [2.24, 2.45) is 5.41 Å². The second kappa shape index (κ2) is 5.94. The number of Topliss-reactive ketones (excluding diaryl/α,β-unsaturated/α-hetero) is 1. The van der Waals surface area contributed by atoms with Crippen LogP contribution in [0.5, 0.6) is 0 Å². The minimum atomic E-state index is -0.325. The highest BCUT2D eigenvalue weighted by molar-refractivity contribution is 6.13. The van der Waals surface area contributed by atoms with Crippen molar-refractivity contribution in [1.82, 2.24) is 4.90 Å². The first-order valence-corrected chi connectivity index (χ1v) is 6.51. The maximum Gasteiger partial charge on any atom is 0.253 e. The lowest BCUT2D eigenvalue weighted by molar-refractivity contribution is -0.137. The summed E-state index contributed by atoms with van der Waals surface area (Å²) in [5.41, 5.74) is -0.325. The van der Waals surface area contributed by atoms with E-state index in [0.717, 1.165) is 24.2 Å². The van der Waals surface area contributed by atoms with Gasteiger partial charge in [0.25, 0.3) is 11.8 Å². The molecule has 0 saturated carbocycles. The molecule has 1 aliphatic rings. The van der Waals surface area contributed by atoms with Crippen LogP contribution < -0.4 is 0 Å². The lowest BCUT2D eigenvalue weighted by Crippen LogP contribution is -2.35. The molecule has 0 spiro atoms. The Morgan fingerprint density at radius 3 is 2.22 bits per heavy atom. The zero-order chi connectivity index (χ0) is 13.8. The van der Waals surface area contributed by atoms with Gasteiger partial charge in [-0.2, -0.15) is 0 Å². The molecule has 0 N–H and O–H groups in total. The lowest BCUT2D eigenvalue weighted by Gasteiger charge is -2.27. The highest BCUT2D eigenvalue weighted by atomic mass is 16.2. The van der Waals surface area contributed by atoms with E-state index < -0.39 is 0 Å². The van der Waals surface area contributed by atoms with Crippen molar-refractivity contribution in [3.05, 3.63) is 12.2 Å². The molecule has 0 bridgehead atoms. The van der Waals surface area contributed by atoms with Crippen LogP contribution in [0.2, 0.25) is 0 Å². The Morgan fingerprint density at radius 2 is 1.78 bits per heavy atom. The molecule has 2 amide bonds. The fraction of sp³-hybridized carbons (Fsp3) is 0.643. The van der Waals surface area contributed by atoms with Gasteiger partial charge in [0.15, 0.2) is 0 Å². The van der Waals surface area contributed by atoms with E-state index in [9.17, 15) is 14.4 Å². The van der Waals surface area contributed by atoms with Gasteiger partial charge in [0, 0.05) is 30.5 Å². The Labute approximate surface area is 108 Å². The van der Waals surface area contributed by atoms with E-state index in [1.54, 1.807) is 0 Å². The first kappa shape index (κ1) is 14.6. The van der Waals surface area contributed by atoms with Crippen molar-refractivity contribution >= 4 is 17.6 Å². The number of amides is 2. The minimum absolute atomic E-state index is 0.138. The number of nitrogens with zero attached hydrogens (tertiary/aromatic N) is 1. The molecule has 4 heteroatoms. The third-order valence-electron chi connectivity index (χ3n) is 3.72. The van der Waals surface area contributed by atoms with Crippen LogP contribution in [0.15, 0.2) is 12.2 Å². The maximum atomic E-state index is 12.2. The van der Waals surface area contributed by atoms with Crippen LogP contribution in [-0.2, 0) is 14.4 Å². The molecular weight excluding hydrogens is 230 g/mol. The standard InChI is InChI=1S/C14H21NO3/c1-4-9-14(3,5-2)11(16)8-10-15-12(17)6-7-13(15)18/h6-7H,4-5,8-10H2,1-3H3. The predicted octanol–water partition coefficient (Wildman–Crippen LogP) is 2.09. The highest BCUT2D eigenvalue weighted by Gasteiger charge is 2.31. The van der Waals surface area contributed by atoms with E-state index >= 15 is 0 Å². The van der Waals surface area contributed by atoms with Crippen LogP contribution in [-0.4, -0.2) is 29.0 Å². The number of rotatable bonds is 7. The predicted molar refractivity (Wildman–Crippen MR) is 68.8 cm³/mol. The van der Waals surface area contributed by atoms with Crippen molar-refractivity contribution in [3.63, 3.8) is 0 Å². The first-order chi connectivity index (χ1) is 8.44. The third kappa shape index (κ3) is 3.06. The maximum absolute atomic E-state index is 12.2. The Kier molecular flexibility index (Phi) is 4.82. The molecule has 1 aliphatic heterocycles. The SMILES string of the molecule is CCCC(C)(CC)C(=O)CCN1C(=O)C=CC1=O. The molecule has 1 atom stereocenters. The van der Waals surface area contributed by atoms with Crippen molar-refractivity contribution in [2.75, 3.05) is 6.54 Å². The quantitative estimate of drug-likeness (QED) is 0.651. The smallest absolute Gasteiger partial charge is 0.253 e. The molecule has 18 heavy (non-hydrogen) atoms. The lowest BCUT2D eigenvalue weighted by atomic mass is 9.78. The summed E-state index contributed by atoms with van der Waals surface area (Å²) in [4.78, 5) is 36.0. The summed E-state index contributed by atoms with van der Waals surface area (Å²) in [6, 6.07) is 0. The number of hydrogen-bond acceptors (Lipinski definition) is 3. The molecule has 0 aromatic rings. The summed E-state index contributed by atoms with van der Waals surface area (Å²) in [5.74, 6) is -0.498. The van der Waals surface area contributed by atoms with Crippen LogP contribution in [0, 0.1) is 5.41 Å². The molecule has 0 aliphatic carbocycles. The van der Waals surface area contributed by atoms with Crippen LogP contribution in [0.3, 0.4) is 0 Å². The largest absolute Gasteiger partial charge is 0.299 e. The number of imide groups is 1. The normalized spacial score (nSPS) is 18.3. The molecule has 0 radical (unpaired) electrons. The Morgan fingerprint density at radius 1 is 1.22 bits per heavy atom. The molecule has 1 unspecified atom stereocenters. The summed E-state index contributed by atoms with van der Waals surface area (Å²) >= 11 is 0. The van der Waals surface area contributed by atoms with E-state index in [1.807, 2.05) is 13.8 Å². The second-order valence-corrected chi connectivity index (χ2v) is 5.00.